The number of aliphatic hydroxyl groups is 1. The van der Waals surface area contributed by atoms with Crippen LogP contribution in [0.1, 0.15) is 96.4 Å². The van der Waals surface area contributed by atoms with Crippen molar-refractivity contribution >= 4 is 24.6 Å². The van der Waals surface area contributed by atoms with E-state index in [2.05, 4.69) is 10.6 Å². The van der Waals surface area contributed by atoms with Crippen LogP contribution in [-0.4, -0.2) is 47.0 Å². The van der Waals surface area contributed by atoms with E-state index in [-0.39, 0.29) is 13.0 Å². The fourth-order valence-corrected chi connectivity index (χ4v) is 5.53. The Morgan fingerprint density at radius 2 is 1.24 bits per heavy atom. The van der Waals surface area contributed by atoms with Gasteiger partial charge in [-0.25, -0.2) is 9.59 Å². The second-order valence-corrected chi connectivity index (χ2v) is 13.6. The monoisotopic (exact) mass is 676 g/mol. The maximum Gasteiger partial charge on any atom is 0.413 e. The molecule has 0 saturated heterocycles. The van der Waals surface area contributed by atoms with Gasteiger partial charge in [0.15, 0.2) is 0 Å². The maximum absolute atomic E-state index is 13.1. The average Bonchev–Trinajstić information content (AvgIpc) is 3.04. The summed E-state index contributed by atoms with van der Waals surface area (Å²) in [6, 6.07) is 21.3. The quantitative estimate of drug-likeness (QED) is 0.118. The summed E-state index contributed by atoms with van der Waals surface area (Å²) in [6.45, 7) is 13.2. The smallest absolute Gasteiger partial charge is 0.413 e. The van der Waals surface area contributed by atoms with Crippen molar-refractivity contribution in [2.45, 2.75) is 96.2 Å². The third-order valence-corrected chi connectivity index (χ3v) is 9.08. The Hall–Kier alpha value is -4.90. The number of aliphatic carboxylic acids is 1. The van der Waals surface area contributed by atoms with Crippen molar-refractivity contribution in [3.8, 4) is 11.5 Å². The molecule has 3 aromatic carbocycles. The lowest BCUT2D eigenvalue weighted by Gasteiger charge is -2.33. The molecule has 0 aliphatic rings. The minimum atomic E-state index is -0.923. The summed E-state index contributed by atoms with van der Waals surface area (Å²) in [4.78, 5) is 48.1. The van der Waals surface area contributed by atoms with E-state index in [4.69, 9.17) is 14.2 Å². The number of alkyl carbamates (subject to hydrolysis) is 1. The number of aliphatic hydroxyl groups excluding tert-OH is 1. The third kappa shape index (κ3) is 10.3. The van der Waals surface area contributed by atoms with E-state index >= 15 is 0 Å². The van der Waals surface area contributed by atoms with Crippen LogP contribution in [0, 0.1) is 0 Å². The third-order valence-electron chi connectivity index (χ3n) is 9.08. The van der Waals surface area contributed by atoms with Crippen molar-refractivity contribution in [1.82, 2.24) is 10.6 Å². The molecule has 3 aromatic rings. The van der Waals surface area contributed by atoms with Gasteiger partial charge in [0.2, 0.25) is 0 Å². The number of hydrogen-bond acceptors (Lipinski definition) is 8. The molecule has 11 heteroatoms. The summed E-state index contributed by atoms with van der Waals surface area (Å²) in [5, 5.41) is 24.6. The summed E-state index contributed by atoms with van der Waals surface area (Å²) in [6.07, 6.45) is -0.151. The van der Waals surface area contributed by atoms with Crippen LogP contribution in [0.25, 0.3) is 0 Å². The lowest BCUT2D eigenvalue weighted by Crippen LogP contribution is -2.46. The Bertz CT molecular complexity index is 1600. The van der Waals surface area contributed by atoms with Gasteiger partial charge in [0.25, 0.3) is 6.47 Å². The van der Waals surface area contributed by atoms with Gasteiger partial charge in [0.1, 0.15) is 17.1 Å². The molecule has 0 bridgehead atoms. The number of ether oxygens (including phenoxy) is 3. The van der Waals surface area contributed by atoms with Crippen LogP contribution >= 0.6 is 0 Å². The molecule has 2 atom stereocenters. The van der Waals surface area contributed by atoms with Crippen LogP contribution in [0.3, 0.4) is 0 Å². The Balaban J connectivity index is 1.73. The average molecular weight is 677 g/mol. The molecule has 0 fully saturated rings. The van der Waals surface area contributed by atoms with Crippen molar-refractivity contribution in [1.29, 1.82) is 0 Å². The lowest BCUT2D eigenvalue weighted by atomic mass is 9.73. The summed E-state index contributed by atoms with van der Waals surface area (Å²) >= 11 is 0. The van der Waals surface area contributed by atoms with E-state index in [1.165, 1.54) is 0 Å². The van der Waals surface area contributed by atoms with Crippen LogP contribution in [0.15, 0.2) is 72.8 Å². The van der Waals surface area contributed by atoms with Gasteiger partial charge < -0.3 is 35.1 Å². The highest BCUT2D eigenvalue weighted by Crippen LogP contribution is 2.38. The molecule has 0 aliphatic carbocycles. The first-order chi connectivity index (χ1) is 23.0. The van der Waals surface area contributed by atoms with Crippen molar-refractivity contribution in [2.75, 3.05) is 6.61 Å². The topological polar surface area (TPSA) is 160 Å². The molecule has 0 saturated carbocycles. The highest BCUT2D eigenvalue weighted by Gasteiger charge is 2.33. The minimum absolute atomic E-state index is 0.0692. The molecular weight excluding hydrogens is 628 g/mol. The number of carbonyl (C=O) groups excluding carboxylic acids is 3. The molecule has 11 nitrogen and oxygen atoms in total. The number of hydrogen-bond donors (Lipinski definition) is 4. The zero-order valence-corrected chi connectivity index (χ0v) is 29.3. The summed E-state index contributed by atoms with van der Waals surface area (Å²) in [5.41, 5.74) is 0.0550. The van der Waals surface area contributed by atoms with Crippen LogP contribution in [-0.2, 0) is 30.8 Å². The van der Waals surface area contributed by atoms with Gasteiger partial charge in [0.05, 0.1) is 11.1 Å². The second-order valence-electron chi connectivity index (χ2n) is 13.6. The Labute approximate surface area is 288 Å². The van der Waals surface area contributed by atoms with Crippen LogP contribution in [0.4, 0.5) is 9.59 Å². The molecule has 3 rings (SSSR count). The predicted octanol–water partition coefficient (Wildman–Crippen LogP) is 6.93. The first kappa shape index (κ1) is 38.5. The number of carboxylic acids is 1. The zero-order valence-electron chi connectivity index (χ0n) is 29.3. The highest BCUT2D eigenvalue weighted by molar-refractivity contribution is 5.72. The number of rotatable bonds is 16. The number of amides is 2. The van der Waals surface area contributed by atoms with Gasteiger partial charge in [-0.15, -0.1) is 0 Å². The summed E-state index contributed by atoms with van der Waals surface area (Å²) < 4.78 is 16.2. The molecule has 4 N–H and O–H groups in total. The van der Waals surface area contributed by atoms with Crippen LogP contribution < -0.4 is 20.1 Å². The molecule has 264 valence electrons. The van der Waals surface area contributed by atoms with E-state index < -0.39 is 40.2 Å². The van der Waals surface area contributed by atoms with Crippen molar-refractivity contribution in [2.24, 2.45) is 0 Å². The predicted molar refractivity (Wildman–Crippen MR) is 185 cm³/mol. The summed E-state index contributed by atoms with van der Waals surface area (Å²) in [5.74, 6) is -0.253. The number of nitrogens with one attached hydrogen (secondary N) is 2. The fraction of sp³-hybridized carbons (Fsp3) is 0.421. The first-order valence-electron chi connectivity index (χ1n) is 16.2. The Kier molecular flexibility index (Phi) is 12.6. The zero-order chi connectivity index (χ0) is 36.5. The molecular formula is C38H48N2O9. The van der Waals surface area contributed by atoms with Gasteiger partial charge in [-0.1, -0.05) is 62.4 Å². The van der Waals surface area contributed by atoms with Crippen LogP contribution in [0.5, 0.6) is 11.5 Å². The van der Waals surface area contributed by atoms with E-state index in [9.17, 15) is 29.4 Å². The standard InChI is InChI=1S/C38H48N2O9/c1-8-37(6,22-23-41)49-34(46)40-36(4,5)29-11-9-10-28(24-29)35(2,3)39-33(45)48-31-18-14-27(15-19-31)38(7,21-20-32(43)44)26-12-16-30(17-13-26)47-25-42/h9-19,24-25,41H,8,20-23H2,1-7H3,(H,39,45)(H,40,46)(H,43,44). The van der Waals surface area contributed by atoms with Crippen molar-refractivity contribution in [3.63, 3.8) is 0 Å². The number of benzene rings is 3. The Morgan fingerprint density at radius 1 is 0.735 bits per heavy atom. The lowest BCUT2D eigenvalue weighted by molar-refractivity contribution is -0.137. The largest absolute Gasteiger partial charge is 0.481 e. The normalized spacial score (nSPS) is 14.0. The van der Waals surface area contributed by atoms with Crippen LogP contribution in [0.2, 0.25) is 0 Å². The fourth-order valence-electron chi connectivity index (χ4n) is 5.53. The van der Waals surface area contributed by atoms with E-state index in [0.717, 1.165) is 22.3 Å². The van der Waals surface area contributed by atoms with Gasteiger partial charge >= 0.3 is 18.2 Å². The molecule has 0 radical (unpaired) electrons. The molecule has 0 aliphatic heterocycles. The molecule has 49 heavy (non-hydrogen) atoms. The highest BCUT2D eigenvalue weighted by atomic mass is 16.6. The molecule has 0 aromatic heterocycles. The maximum atomic E-state index is 13.1. The van der Waals surface area contributed by atoms with E-state index in [0.29, 0.717) is 37.2 Å². The Morgan fingerprint density at radius 3 is 1.71 bits per heavy atom. The molecule has 0 spiro atoms. The number of carbonyl (C=O) groups is 4. The summed E-state index contributed by atoms with van der Waals surface area (Å²) in [7, 11) is 0. The first-order valence-corrected chi connectivity index (χ1v) is 16.2. The van der Waals surface area contributed by atoms with Crippen molar-refractivity contribution in [3.05, 3.63) is 95.1 Å². The minimum Gasteiger partial charge on any atom is -0.481 e. The van der Waals surface area contributed by atoms with E-state index in [1.54, 1.807) is 55.5 Å². The van der Waals surface area contributed by atoms with Gasteiger partial charge in [-0.3, -0.25) is 9.59 Å². The van der Waals surface area contributed by atoms with Gasteiger partial charge in [-0.05, 0) is 94.0 Å². The van der Waals surface area contributed by atoms with Crippen molar-refractivity contribution < 1.29 is 43.6 Å². The second kappa shape index (κ2) is 16.0. The van der Waals surface area contributed by atoms with Gasteiger partial charge in [0, 0.05) is 24.9 Å². The number of carboxylic acid groups (broad SMARTS) is 1. The molecule has 2 unspecified atom stereocenters. The molecule has 0 heterocycles. The van der Waals surface area contributed by atoms with E-state index in [1.807, 2.05) is 65.8 Å². The SMILES string of the molecule is CCC(C)(CCO)OC(=O)NC(C)(C)c1cccc(C(C)(C)NC(=O)Oc2ccc(C(C)(CCC(=O)O)c3ccc(OC=O)cc3)cc2)c1. The molecule has 2 amide bonds. The van der Waals surface area contributed by atoms with Gasteiger partial charge in [-0.2, -0.15) is 0 Å².